The number of rotatable bonds is 4. The molecular weight excluding hydrogens is 277 g/mol. The Morgan fingerprint density at radius 3 is 2.43 bits per heavy atom. The molecule has 0 unspecified atom stereocenters. The molecule has 0 bridgehead atoms. The van der Waals surface area contributed by atoms with Crippen LogP contribution in [-0.4, -0.2) is 53.3 Å². The summed E-state index contributed by atoms with van der Waals surface area (Å²) in [5.74, 6) is -0.599. The summed E-state index contributed by atoms with van der Waals surface area (Å²) in [6, 6.07) is 3.64. The van der Waals surface area contributed by atoms with Crippen molar-refractivity contribution >= 4 is 11.4 Å². The minimum absolute atomic E-state index is 0.232. The second-order valence-electron chi connectivity index (χ2n) is 6.00. The Morgan fingerprint density at radius 2 is 1.90 bits per heavy atom. The summed E-state index contributed by atoms with van der Waals surface area (Å²) in [7, 11) is 0. The number of benzene rings is 1. The lowest BCUT2D eigenvalue weighted by atomic mass is 10.1. The van der Waals surface area contributed by atoms with Gasteiger partial charge in [-0.1, -0.05) is 0 Å². The average molecular weight is 297 g/mol. The van der Waals surface area contributed by atoms with E-state index in [0.717, 1.165) is 19.2 Å². The molecule has 0 saturated carbocycles. The van der Waals surface area contributed by atoms with E-state index < -0.39 is 16.3 Å². The summed E-state index contributed by atoms with van der Waals surface area (Å²) in [5.41, 5.74) is -0.451. The third-order valence-corrected chi connectivity index (χ3v) is 3.43. The molecule has 21 heavy (non-hydrogen) atoms. The Morgan fingerprint density at radius 1 is 1.29 bits per heavy atom. The van der Waals surface area contributed by atoms with Crippen LogP contribution in [0, 0.1) is 15.9 Å². The number of halogens is 1. The molecule has 0 radical (unpaired) electrons. The van der Waals surface area contributed by atoms with Crippen LogP contribution in [-0.2, 0) is 0 Å². The van der Waals surface area contributed by atoms with Gasteiger partial charge in [0.1, 0.15) is 5.82 Å². The van der Waals surface area contributed by atoms with Gasteiger partial charge in [0.25, 0.3) is 5.69 Å². The number of aliphatic hydroxyl groups is 1. The number of non-ortho nitro benzene ring substituents is 1. The molecule has 1 aromatic carbocycles. The van der Waals surface area contributed by atoms with Crippen LogP contribution >= 0.6 is 0 Å². The van der Waals surface area contributed by atoms with Crippen molar-refractivity contribution < 1.29 is 14.4 Å². The van der Waals surface area contributed by atoms with Crippen molar-refractivity contribution in [1.29, 1.82) is 0 Å². The van der Waals surface area contributed by atoms with Crippen molar-refractivity contribution in [2.24, 2.45) is 0 Å². The smallest absolute Gasteiger partial charge is 0.274 e. The molecule has 1 N–H and O–H groups in total. The zero-order valence-electron chi connectivity index (χ0n) is 12.3. The number of piperazine rings is 1. The quantitative estimate of drug-likeness (QED) is 0.675. The van der Waals surface area contributed by atoms with E-state index in [1.165, 1.54) is 12.1 Å². The molecule has 0 spiro atoms. The normalized spacial score (nSPS) is 17.0. The first-order valence-electron chi connectivity index (χ1n) is 6.89. The largest absolute Gasteiger partial charge is 0.389 e. The second kappa shape index (κ2) is 5.95. The molecule has 1 heterocycles. The number of nitro groups is 1. The molecule has 7 heteroatoms. The fourth-order valence-corrected chi connectivity index (χ4v) is 2.56. The van der Waals surface area contributed by atoms with Gasteiger partial charge in [-0.15, -0.1) is 0 Å². The van der Waals surface area contributed by atoms with Crippen LogP contribution in [0.5, 0.6) is 0 Å². The van der Waals surface area contributed by atoms with Gasteiger partial charge in [-0.3, -0.25) is 15.0 Å². The molecule has 1 saturated heterocycles. The minimum atomic E-state index is -0.750. The highest BCUT2D eigenvalue weighted by molar-refractivity contribution is 5.54. The highest BCUT2D eigenvalue weighted by atomic mass is 19.1. The first-order chi connectivity index (χ1) is 9.74. The monoisotopic (exact) mass is 297 g/mol. The van der Waals surface area contributed by atoms with Gasteiger partial charge in [-0.2, -0.15) is 0 Å². The van der Waals surface area contributed by atoms with Gasteiger partial charge in [-0.05, 0) is 19.9 Å². The average Bonchev–Trinajstić information content (AvgIpc) is 2.37. The molecule has 1 aliphatic rings. The lowest BCUT2D eigenvalue weighted by Crippen LogP contribution is -2.50. The minimum Gasteiger partial charge on any atom is -0.389 e. The van der Waals surface area contributed by atoms with Crippen molar-refractivity contribution in [3.8, 4) is 0 Å². The van der Waals surface area contributed by atoms with Crippen LogP contribution < -0.4 is 4.90 Å². The predicted molar refractivity (Wildman–Crippen MR) is 78.0 cm³/mol. The maximum absolute atomic E-state index is 13.5. The van der Waals surface area contributed by atoms with E-state index >= 15 is 0 Å². The lowest BCUT2D eigenvalue weighted by Gasteiger charge is -2.38. The van der Waals surface area contributed by atoms with Crippen LogP contribution in [0.2, 0.25) is 0 Å². The predicted octanol–water partition coefficient (Wildman–Crippen LogP) is 1.63. The van der Waals surface area contributed by atoms with Crippen LogP contribution in [0.15, 0.2) is 18.2 Å². The third kappa shape index (κ3) is 4.37. The highest BCUT2D eigenvalue weighted by Crippen LogP contribution is 2.24. The number of nitro benzene ring substituents is 1. The maximum Gasteiger partial charge on any atom is 0.274 e. The summed E-state index contributed by atoms with van der Waals surface area (Å²) in [4.78, 5) is 14.3. The zero-order valence-corrected chi connectivity index (χ0v) is 12.3. The summed E-state index contributed by atoms with van der Waals surface area (Å²) in [5, 5.41) is 20.6. The maximum atomic E-state index is 13.5. The van der Waals surface area contributed by atoms with Crippen molar-refractivity contribution in [3.05, 3.63) is 34.1 Å². The van der Waals surface area contributed by atoms with E-state index in [2.05, 4.69) is 4.90 Å². The molecule has 116 valence electrons. The van der Waals surface area contributed by atoms with Gasteiger partial charge in [-0.25, -0.2) is 4.39 Å². The first kappa shape index (κ1) is 15.7. The molecule has 1 aliphatic heterocycles. The van der Waals surface area contributed by atoms with Crippen molar-refractivity contribution in [1.82, 2.24) is 4.90 Å². The Hall–Kier alpha value is -1.73. The number of nitrogens with zero attached hydrogens (tertiary/aromatic N) is 3. The van der Waals surface area contributed by atoms with Crippen molar-refractivity contribution in [3.63, 3.8) is 0 Å². The van der Waals surface area contributed by atoms with Gasteiger partial charge in [0.2, 0.25) is 0 Å². The van der Waals surface area contributed by atoms with Crippen LogP contribution in [0.25, 0.3) is 0 Å². The van der Waals surface area contributed by atoms with Crippen LogP contribution in [0.1, 0.15) is 13.8 Å². The fourth-order valence-electron chi connectivity index (χ4n) is 2.56. The van der Waals surface area contributed by atoms with Crippen LogP contribution in [0.4, 0.5) is 15.8 Å². The van der Waals surface area contributed by atoms with E-state index in [0.29, 0.717) is 25.3 Å². The SMILES string of the molecule is CC(C)(O)CN1CCN(c2cc(F)cc([N+](=O)[O-])c2)CC1. The molecule has 0 amide bonds. The topological polar surface area (TPSA) is 69.8 Å². The lowest BCUT2D eigenvalue weighted by molar-refractivity contribution is -0.385. The molecule has 1 fully saturated rings. The number of anilines is 1. The van der Waals surface area contributed by atoms with Crippen molar-refractivity contribution in [2.75, 3.05) is 37.6 Å². The molecule has 1 aromatic rings. The van der Waals surface area contributed by atoms with E-state index in [4.69, 9.17) is 0 Å². The van der Waals surface area contributed by atoms with Gasteiger partial charge in [0.15, 0.2) is 0 Å². The molecular formula is C14H20FN3O3. The van der Waals surface area contributed by atoms with Gasteiger partial charge in [0.05, 0.1) is 16.6 Å². The number of hydrogen-bond donors (Lipinski definition) is 1. The van der Waals surface area contributed by atoms with Crippen LogP contribution in [0.3, 0.4) is 0 Å². The third-order valence-electron chi connectivity index (χ3n) is 3.43. The zero-order chi connectivity index (χ0) is 15.6. The summed E-state index contributed by atoms with van der Waals surface area (Å²) in [6.45, 7) is 6.85. The standard InChI is InChI=1S/C14H20FN3O3/c1-14(2,19)10-16-3-5-17(6-4-16)12-7-11(15)8-13(9-12)18(20)21/h7-9,19H,3-6,10H2,1-2H3. The Labute approximate surface area is 122 Å². The number of β-amino-alcohol motifs (C(OH)–C–C–N with tert-alkyl or cyclic N) is 1. The molecule has 0 atom stereocenters. The summed E-state index contributed by atoms with van der Waals surface area (Å²) in [6.07, 6.45) is 0. The Kier molecular flexibility index (Phi) is 4.43. The first-order valence-corrected chi connectivity index (χ1v) is 6.89. The Bertz CT molecular complexity index is 523. The molecule has 6 nitrogen and oxygen atoms in total. The highest BCUT2D eigenvalue weighted by Gasteiger charge is 2.24. The number of hydrogen-bond acceptors (Lipinski definition) is 5. The molecule has 2 rings (SSSR count). The van der Waals surface area contributed by atoms with Gasteiger partial charge >= 0.3 is 0 Å². The summed E-state index contributed by atoms with van der Waals surface area (Å²) < 4.78 is 13.5. The van der Waals surface area contributed by atoms with Gasteiger partial charge in [0, 0.05) is 44.5 Å². The van der Waals surface area contributed by atoms with Crippen molar-refractivity contribution in [2.45, 2.75) is 19.4 Å². The van der Waals surface area contributed by atoms with Gasteiger partial charge < -0.3 is 10.0 Å². The molecule has 0 aromatic heterocycles. The fraction of sp³-hybridized carbons (Fsp3) is 0.571. The molecule has 0 aliphatic carbocycles. The Balaban J connectivity index is 2.04. The van der Waals surface area contributed by atoms with E-state index in [-0.39, 0.29) is 5.69 Å². The van der Waals surface area contributed by atoms with E-state index in [9.17, 15) is 19.6 Å². The van der Waals surface area contributed by atoms with E-state index in [1.807, 2.05) is 4.90 Å². The van der Waals surface area contributed by atoms with E-state index in [1.54, 1.807) is 13.8 Å². The summed E-state index contributed by atoms with van der Waals surface area (Å²) >= 11 is 0. The second-order valence-corrected chi connectivity index (χ2v) is 6.00.